The quantitative estimate of drug-likeness (QED) is 0.474. The van der Waals surface area contributed by atoms with Gasteiger partial charge in [-0.05, 0) is 24.3 Å². The largest absolute Gasteiger partial charge is 0.289 e. The first-order valence-corrected chi connectivity index (χ1v) is 8.97. The van der Waals surface area contributed by atoms with Crippen molar-refractivity contribution >= 4 is 22.1 Å². The Hall–Kier alpha value is -3.38. The monoisotopic (exact) mass is 355 g/mol. The molecule has 124 valence electrons. The normalized spacial score (nSPS) is 11.1. The van der Waals surface area contributed by atoms with Crippen LogP contribution in [0, 0.1) is 0 Å². The number of thiophene rings is 1. The number of fused-ring (bicyclic) bond motifs is 1. The van der Waals surface area contributed by atoms with Crippen molar-refractivity contribution in [3.63, 3.8) is 0 Å². The Labute approximate surface area is 153 Å². The molecule has 26 heavy (non-hydrogen) atoms. The van der Waals surface area contributed by atoms with Crippen LogP contribution >= 0.6 is 11.3 Å². The van der Waals surface area contributed by atoms with Gasteiger partial charge in [-0.3, -0.25) is 9.55 Å². The van der Waals surface area contributed by atoms with Crippen LogP contribution in [0.3, 0.4) is 0 Å². The summed E-state index contributed by atoms with van der Waals surface area (Å²) >= 11 is 1.67. The molecule has 0 saturated carbocycles. The number of imidazole rings is 1. The minimum absolute atomic E-state index is 0.781. The lowest BCUT2D eigenvalue weighted by atomic mass is 10.1. The van der Waals surface area contributed by atoms with E-state index in [0.29, 0.717) is 0 Å². The lowest BCUT2D eigenvalue weighted by molar-refractivity contribution is 0.933. The van der Waals surface area contributed by atoms with Crippen LogP contribution in [0.4, 0.5) is 0 Å². The van der Waals surface area contributed by atoms with Gasteiger partial charge in [0, 0.05) is 29.4 Å². The Balaban J connectivity index is 1.67. The van der Waals surface area contributed by atoms with Gasteiger partial charge in [0.2, 0.25) is 0 Å². The number of pyridine rings is 1. The van der Waals surface area contributed by atoms with Gasteiger partial charge in [-0.2, -0.15) is 0 Å². The molecule has 0 atom stereocenters. The van der Waals surface area contributed by atoms with Crippen LogP contribution in [0.5, 0.6) is 0 Å². The summed E-state index contributed by atoms with van der Waals surface area (Å²) in [6, 6.07) is 18.3. The first kappa shape index (κ1) is 14.9. The van der Waals surface area contributed by atoms with Gasteiger partial charge in [-0.15, -0.1) is 21.5 Å². The minimum atomic E-state index is 0.781. The molecule has 6 heteroatoms. The summed E-state index contributed by atoms with van der Waals surface area (Å²) < 4.78 is 1.88. The van der Waals surface area contributed by atoms with Crippen LogP contribution in [-0.2, 0) is 0 Å². The molecule has 0 spiro atoms. The molecule has 4 heterocycles. The van der Waals surface area contributed by atoms with Crippen molar-refractivity contribution in [2.45, 2.75) is 0 Å². The Kier molecular flexibility index (Phi) is 3.54. The molecule has 0 saturated heterocycles. The molecule has 5 rings (SSSR count). The lowest BCUT2D eigenvalue weighted by Crippen LogP contribution is -1.99. The van der Waals surface area contributed by atoms with Gasteiger partial charge < -0.3 is 0 Å². The standard InChI is InChI=1S/C20H13N5S/c1-2-6-15-14(5-1)19(23-24-20(15)25-12-11-21-13-25)18-9-8-17(26-18)16-7-3-4-10-22-16/h1-13H. The molecule has 0 fully saturated rings. The van der Waals surface area contributed by atoms with Crippen molar-refractivity contribution in [3.05, 3.63) is 79.5 Å². The van der Waals surface area contributed by atoms with Gasteiger partial charge in [0.05, 0.1) is 15.4 Å². The molecule has 0 radical (unpaired) electrons. The van der Waals surface area contributed by atoms with E-state index in [-0.39, 0.29) is 0 Å². The summed E-state index contributed by atoms with van der Waals surface area (Å²) in [5, 5.41) is 11.1. The molecule has 5 aromatic rings. The lowest BCUT2D eigenvalue weighted by Gasteiger charge is -2.08. The second-order valence-electron chi connectivity index (χ2n) is 5.77. The highest BCUT2D eigenvalue weighted by Crippen LogP contribution is 2.36. The molecule has 0 bridgehead atoms. The van der Waals surface area contributed by atoms with Crippen molar-refractivity contribution < 1.29 is 0 Å². The van der Waals surface area contributed by atoms with E-state index in [1.165, 1.54) is 0 Å². The molecule has 4 aromatic heterocycles. The topological polar surface area (TPSA) is 56.5 Å². The maximum absolute atomic E-state index is 4.53. The SMILES string of the molecule is c1ccc(-c2ccc(-c3nnc(-n4ccnc4)c4ccccc34)s2)nc1. The maximum atomic E-state index is 4.53. The van der Waals surface area contributed by atoms with Crippen LogP contribution in [0.1, 0.15) is 0 Å². The number of aromatic nitrogens is 5. The smallest absolute Gasteiger partial charge is 0.168 e. The summed E-state index contributed by atoms with van der Waals surface area (Å²) in [6.07, 6.45) is 7.16. The van der Waals surface area contributed by atoms with Gasteiger partial charge in [0.25, 0.3) is 0 Å². The maximum Gasteiger partial charge on any atom is 0.168 e. The van der Waals surface area contributed by atoms with Crippen molar-refractivity contribution in [2.75, 3.05) is 0 Å². The third kappa shape index (κ3) is 2.48. The molecule has 5 nitrogen and oxygen atoms in total. The molecule has 0 N–H and O–H groups in total. The van der Waals surface area contributed by atoms with E-state index in [1.54, 1.807) is 23.9 Å². The van der Waals surface area contributed by atoms with Crippen LogP contribution in [-0.4, -0.2) is 24.7 Å². The minimum Gasteiger partial charge on any atom is -0.289 e. The van der Waals surface area contributed by atoms with E-state index >= 15 is 0 Å². The highest BCUT2D eigenvalue weighted by Gasteiger charge is 2.14. The van der Waals surface area contributed by atoms with E-state index < -0.39 is 0 Å². The second-order valence-corrected chi connectivity index (χ2v) is 6.85. The fourth-order valence-electron chi connectivity index (χ4n) is 2.96. The zero-order valence-corrected chi connectivity index (χ0v) is 14.5. The first-order valence-electron chi connectivity index (χ1n) is 8.15. The van der Waals surface area contributed by atoms with E-state index in [2.05, 4.69) is 44.4 Å². The average molecular weight is 355 g/mol. The molecular weight excluding hydrogens is 342 g/mol. The molecule has 0 aliphatic carbocycles. The number of rotatable bonds is 3. The number of benzene rings is 1. The summed E-state index contributed by atoms with van der Waals surface area (Å²) in [5.74, 6) is 0.781. The molecule has 1 aromatic carbocycles. The van der Waals surface area contributed by atoms with Gasteiger partial charge in [-0.25, -0.2) is 4.98 Å². The zero-order valence-electron chi connectivity index (χ0n) is 13.6. The Morgan fingerprint density at radius 3 is 2.42 bits per heavy atom. The van der Waals surface area contributed by atoms with Crippen molar-refractivity contribution in [2.24, 2.45) is 0 Å². The summed E-state index contributed by atoms with van der Waals surface area (Å²) in [4.78, 5) is 10.7. The third-order valence-corrected chi connectivity index (χ3v) is 5.29. The van der Waals surface area contributed by atoms with E-state index in [0.717, 1.165) is 37.7 Å². The molecule has 0 unspecified atom stereocenters. The predicted molar refractivity (Wildman–Crippen MR) is 103 cm³/mol. The van der Waals surface area contributed by atoms with Crippen molar-refractivity contribution in [3.8, 4) is 27.0 Å². The summed E-state index contributed by atoms with van der Waals surface area (Å²) in [6.45, 7) is 0. The van der Waals surface area contributed by atoms with Crippen LogP contribution in [0.25, 0.3) is 37.7 Å². The van der Waals surface area contributed by atoms with Crippen LogP contribution < -0.4 is 0 Å². The Morgan fingerprint density at radius 1 is 0.769 bits per heavy atom. The summed E-state index contributed by atoms with van der Waals surface area (Å²) in [5.41, 5.74) is 1.85. The highest BCUT2D eigenvalue weighted by atomic mass is 32.1. The van der Waals surface area contributed by atoms with E-state index in [1.807, 2.05) is 47.3 Å². The summed E-state index contributed by atoms with van der Waals surface area (Å²) in [7, 11) is 0. The Morgan fingerprint density at radius 2 is 1.62 bits per heavy atom. The van der Waals surface area contributed by atoms with Crippen molar-refractivity contribution in [1.82, 2.24) is 24.7 Å². The predicted octanol–water partition coefficient (Wildman–Crippen LogP) is 4.61. The molecule has 0 amide bonds. The average Bonchev–Trinajstić information content (AvgIpc) is 3.40. The number of hydrogen-bond acceptors (Lipinski definition) is 5. The van der Waals surface area contributed by atoms with Crippen LogP contribution in [0.15, 0.2) is 79.5 Å². The third-order valence-electron chi connectivity index (χ3n) is 4.17. The van der Waals surface area contributed by atoms with E-state index in [9.17, 15) is 0 Å². The second kappa shape index (κ2) is 6.16. The highest BCUT2D eigenvalue weighted by molar-refractivity contribution is 7.18. The number of hydrogen-bond donors (Lipinski definition) is 0. The molecule has 0 aliphatic rings. The first-order chi connectivity index (χ1) is 12.9. The van der Waals surface area contributed by atoms with Gasteiger partial charge >= 0.3 is 0 Å². The van der Waals surface area contributed by atoms with Gasteiger partial charge in [0.1, 0.15) is 12.0 Å². The fourth-order valence-corrected chi connectivity index (χ4v) is 3.94. The van der Waals surface area contributed by atoms with E-state index in [4.69, 9.17) is 0 Å². The molecule has 0 aliphatic heterocycles. The zero-order chi connectivity index (χ0) is 17.3. The molecular formula is C20H13N5S. The fraction of sp³-hybridized carbons (Fsp3) is 0. The van der Waals surface area contributed by atoms with Crippen LogP contribution in [0.2, 0.25) is 0 Å². The Bertz CT molecular complexity index is 1180. The number of nitrogens with zero attached hydrogens (tertiary/aromatic N) is 5. The van der Waals surface area contributed by atoms with Gasteiger partial charge in [-0.1, -0.05) is 30.3 Å². The van der Waals surface area contributed by atoms with Crippen molar-refractivity contribution in [1.29, 1.82) is 0 Å². The van der Waals surface area contributed by atoms with Gasteiger partial charge in [0.15, 0.2) is 5.82 Å².